The summed E-state index contributed by atoms with van der Waals surface area (Å²) < 4.78 is 17.4. The molecule has 3 heteroatoms. The molecule has 1 spiro atoms. The fourth-order valence-corrected chi connectivity index (χ4v) is 12.3. The molecule has 11 rings (SSSR count). The van der Waals surface area contributed by atoms with Gasteiger partial charge < -0.3 is 14.0 Å². The normalized spacial score (nSPS) is 36.7. The maximum absolute atomic E-state index is 7.58. The molecule has 0 saturated carbocycles. The number of hydrogen-bond acceptors (Lipinski definition) is 2. The average molecular weight is 686 g/mol. The minimum atomic E-state index is -0.148. The summed E-state index contributed by atoms with van der Waals surface area (Å²) >= 11 is 0. The molecule has 0 bridgehead atoms. The van der Waals surface area contributed by atoms with Crippen LogP contribution in [0.2, 0.25) is 0 Å². The fraction of sp³-hybridized carbons (Fsp3) is 0.429. The van der Waals surface area contributed by atoms with Crippen LogP contribution in [0.3, 0.4) is 0 Å². The monoisotopic (exact) mass is 685 g/mol. The molecule has 3 heterocycles. The second-order valence-electron chi connectivity index (χ2n) is 16.7. The lowest BCUT2D eigenvalue weighted by molar-refractivity contribution is -0.174. The van der Waals surface area contributed by atoms with Gasteiger partial charge in [0.2, 0.25) is 0 Å². The third kappa shape index (κ3) is 4.64. The van der Waals surface area contributed by atoms with Gasteiger partial charge in [-0.1, -0.05) is 109 Å². The minimum absolute atomic E-state index is 0.0414. The Bertz CT molecular complexity index is 2060. The molecule has 0 radical (unpaired) electrons. The summed E-state index contributed by atoms with van der Waals surface area (Å²) in [6.07, 6.45) is 49.1. The van der Waals surface area contributed by atoms with Gasteiger partial charge in [-0.2, -0.15) is 0 Å². The van der Waals surface area contributed by atoms with Gasteiger partial charge >= 0.3 is 0 Å². The van der Waals surface area contributed by atoms with E-state index in [0.29, 0.717) is 6.04 Å². The maximum Gasteiger partial charge on any atom is 0.0910 e. The lowest BCUT2D eigenvalue weighted by Crippen LogP contribution is -2.64. The first kappa shape index (κ1) is 31.6. The first-order valence-electron chi connectivity index (χ1n) is 20.6. The molecule has 2 aromatic rings. The van der Waals surface area contributed by atoms with Gasteiger partial charge in [0.15, 0.2) is 0 Å². The predicted octanol–water partition coefficient (Wildman–Crippen LogP) is 10.7. The second-order valence-corrected chi connectivity index (χ2v) is 16.7. The van der Waals surface area contributed by atoms with Crippen LogP contribution in [0.1, 0.15) is 91.9 Å². The quantitative estimate of drug-likeness (QED) is 0.300. The van der Waals surface area contributed by atoms with Gasteiger partial charge in [0, 0.05) is 34.4 Å². The molecule has 9 unspecified atom stereocenters. The zero-order valence-electron chi connectivity index (χ0n) is 30.3. The summed E-state index contributed by atoms with van der Waals surface area (Å²) in [6.45, 7) is 0. The Kier molecular flexibility index (Phi) is 7.65. The molecule has 2 saturated heterocycles. The summed E-state index contributed by atoms with van der Waals surface area (Å²) in [7, 11) is 0. The predicted molar refractivity (Wildman–Crippen MR) is 211 cm³/mol. The Morgan fingerprint density at radius 1 is 0.692 bits per heavy atom. The van der Waals surface area contributed by atoms with Crippen molar-refractivity contribution < 1.29 is 9.47 Å². The second kappa shape index (κ2) is 12.6. The van der Waals surface area contributed by atoms with Crippen molar-refractivity contribution >= 4 is 11.1 Å². The molecule has 3 nitrogen and oxygen atoms in total. The Morgan fingerprint density at radius 3 is 2.48 bits per heavy atom. The molecule has 0 N–H and O–H groups in total. The van der Waals surface area contributed by atoms with Gasteiger partial charge in [0.25, 0.3) is 0 Å². The summed E-state index contributed by atoms with van der Waals surface area (Å²) in [6, 6.07) is 11.5. The molecular weight excluding hydrogens is 635 g/mol. The standard InChI is InChI=1S/C49H51NO2/c1-3-15-32(16-4-1)36-21-14-25-42-48(36)52-46-31-33(29-30-41(46)49(42)39-23-8-11-27-44(39)51-45-28-12-9-24-40(45)49)35-20-13-22-38-37-19-7-10-26-43(37)50(47(35)38)34-17-5-2-6-18-34/h1,3-5,8,11,14-17,20-21,23-25,27,29-31,34,39,41-42,44-46,48H,2,6-7,9-10,12-13,18-19,22,26,28H2. The first-order valence-corrected chi connectivity index (χ1v) is 20.6. The minimum Gasteiger partial charge on any atom is -0.366 e. The van der Waals surface area contributed by atoms with Crippen LogP contribution in [-0.4, -0.2) is 29.0 Å². The van der Waals surface area contributed by atoms with Crippen LogP contribution < -0.4 is 0 Å². The maximum atomic E-state index is 7.58. The highest BCUT2D eigenvalue weighted by Crippen LogP contribution is 2.65. The average Bonchev–Trinajstić information content (AvgIpc) is 3.56. The van der Waals surface area contributed by atoms with E-state index in [0.717, 1.165) is 19.3 Å². The van der Waals surface area contributed by atoms with Crippen molar-refractivity contribution in [3.05, 3.63) is 155 Å². The van der Waals surface area contributed by atoms with Crippen molar-refractivity contribution in [2.24, 2.45) is 23.2 Å². The summed E-state index contributed by atoms with van der Waals surface area (Å²) in [4.78, 5) is 0. The van der Waals surface area contributed by atoms with E-state index in [1.165, 1.54) is 85.8 Å². The number of aromatic nitrogens is 1. The van der Waals surface area contributed by atoms with Crippen molar-refractivity contribution in [2.75, 3.05) is 0 Å². The molecule has 9 aliphatic rings. The van der Waals surface area contributed by atoms with E-state index in [2.05, 4.69) is 120 Å². The van der Waals surface area contributed by atoms with Gasteiger partial charge in [0.05, 0.1) is 36.2 Å². The molecule has 52 heavy (non-hydrogen) atoms. The zero-order chi connectivity index (χ0) is 34.2. The topological polar surface area (TPSA) is 23.4 Å². The highest BCUT2D eigenvalue weighted by Gasteiger charge is 2.65. The van der Waals surface area contributed by atoms with Crippen LogP contribution in [0.4, 0.5) is 0 Å². The van der Waals surface area contributed by atoms with Gasteiger partial charge in [-0.05, 0) is 117 Å². The van der Waals surface area contributed by atoms with Crippen LogP contribution in [0, 0.1) is 23.2 Å². The molecule has 2 aliphatic heterocycles. The van der Waals surface area contributed by atoms with E-state index in [-0.39, 0.29) is 47.6 Å². The molecular formula is C49H51NO2. The molecule has 1 aromatic carbocycles. The number of rotatable bonds is 3. The summed E-state index contributed by atoms with van der Waals surface area (Å²) in [5.74, 6) is 0.654. The lowest BCUT2D eigenvalue weighted by Gasteiger charge is -2.64. The molecule has 1 aromatic heterocycles. The van der Waals surface area contributed by atoms with Gasteiger partial charge in [-0.25, -0.2) is 0 Å². The zero-order valence-corrected chi connectivity index (χ0v) is 30.3. The Morgan fingerprint density at radius 2 is 1.56 bits per heavy atom. The van der Waals surface area contributed by atoms with Crippen LogP contribution in [0.5, 0.6) is 0 Å². The van der Waals surface area contributed by atoms with Crippen LogP contribution in [-0.2, 0) is 28.7 Å². The van der Waals surface area contributed by atoms with Crippen molar-refractivity contribution in [1.82, 2.24) is 4.57 Å². The van der Waals surface area contributed by atoms with E-state index in [9.17, 15) is 0 Å². The number of hydrogen-bond donors (Lipinski definition) is 0. The van der Waals surface area contributed by atoms with E-state index in [1.807, 2.05) is 0 Å². The van der Waals surface area contributed by atoms with Gasteiger partial charge in [-0.3, -0.25) is 0 Å². The van der Waals surface area contributed by atoms with E-state index < -0.39 is 0 Å². The van der Waals surface area contributed by atoms with Crippen molar-refractivity contribution in [1.29, 1.82) is 0 Å². The first-order chi connectivity index (χ1) is 25.8. The molecule has 0 amide bonds. The van der Waals surface area contributed by atoms with Crippen LogP contribution >= 0.6 is 0 Å². The van der Waals surface area contributed by atoms with Crippen LogP contribution in [0.15, 0.2) is 127 Å². The van der Waals surface area contributed by atoms with Crippen molar-refractivity contribution in [2.45, 2.75) is 108 Å². The van der Waals surface area contributed by atoms with Crippen LogP contribution in [0.25, 0.3) is 11.1 Å². The molecule has 7 aliphatic carbocycles. The van der Waals surface area contributed by atoms with E-state index in [4.69, 9.17) is 9.47 Å². The van der Waals surface area contributed by atoms with E-state index in [1.54, 1.807) is 22.4 Å². The Balaban J connectivity index is 1.08. The number of fused-ring (bicyclic) bond motifs is 11. The highest BCUT2D eigenvalue weighted by molar-refractivity contribution is 5.85. The molecule has 264 valence electrons. The third-order valence-electron chi connectivity index (χ3n) is 14.3. The number of allylic oxidation sites excluding steroid dienone is 11. The Labute approximate surface area is 309 Å². The number of nitrogens with zero attached hydrogens (tertiary/aromatic N) is 1. The van der Waals surface area contributed by atoms with Crippen molar-refractivity contribution in [3.8, 4) is 0 Å². The molecule has 9 atom stereocenters. The fourth-order valence-electron chi connectivity index (χ4n) is 12.3. The molecule has 2 fully saturated rings. The van der Waals surface area contributed by atoms with Gasteiger partial charge in [0.1, 0.15) is 0 Å². The Hall–Kier alpha value is -3.92. The van der Waals surface area contributed by atoms with E-state index >= 15 is 0 Å². The highest BCUT2D eigenvalue weighted by atomic mass is 16.5. The SMILES string of the molecule is C1=CC2OC3CCCC=C3C3(C2C=C1)C1C=CC(C2=CCCc4c5c(n(C6C=CCCC6)c42)CCCC5)=CC1OC1C(c2ccccc2)=CC=CC13. The number of benzene rings is 1. The smallest absolute Gasteiger partial charge is 0.0910 e. The lowest BCUT2D eigenvalue weighted by atomic mass is 9.46. The third-order valence-corrected chi connectivity index (χ3v) is 14.3. The van der Waals surface area contributed by atoms with Gasteiger partial charge in [-0.15, -0.1) is 0 Å². The largest absolute Gasteiger partial charge is 0.366 e. The summed E-state index contributed by atoms with van der Waals surface area (Å²) in [5, 5.41) is 0. The van der Waals surface area contributed by atoms with Crippen molar-refractivity contribution in [3.63, 3.8) is 0 Å². The summed E-state index contributed by atoms with van der Waals surface area (Å²) in [5.41, 5.74) is 13.3. The number of ether oxygens (including phenoxy) is 2.